The van der Waals surface area contributed by atoms with E-state index in [0.717, 1.165) is 21.5 Å². The van der Waals surface area contributed by atoms with Gasteiger partial charge in [0.05, 0.1) is 0 Å². The van der Waals surface area contributed by atoms with Crippen molar-refractivity contribution in [2.45, 2.75) is 20.0 Å². The predicted molar refractivity (Wildman–Crippen MR) is 90.0 cm³/mol. The third-order valence-corrected chi connectivity index (χ3v) is 4.05. The summed E-state index contributed by atoms with van der Waals surface area (Å²) in [5.74, 6) is 0.777. The van der Waals surface area contributed by atoms with Crippen molar-refractivity contribution in [1.82, 2.24) is 0 Å². The summed E-state index contributed by atoms with van der Waals surface area (Å²) in [4.78, 5) is 0. The van der Waals surface area contributed by atoms with Crippen LogP contribution in [0.5, 0.6) is 5.75 Å². The van der Waals surface area contributed by atoms with E-state index in [1.165, 1.54) is 5.56 Å². The van der Waals surface area contributed by atoms with E-state index in [-0.39, 0.29) is 6.61 Å². The van der Waals surface area contributed by atoms with E-state index in [0.29, 0.717) is 6.54 Å². The summed E-state index contributed by atoms with van der Waals surface area (Å²) in [6.45, 7) is 4.79. The summed E-state index contributed by atoms with van der Waals surface area (Å²) in [5, 5.41) is 13.2. The minimum Gasteiger partial charge on any atom is -0.491 e. The molecule has 0 radical (unpaired) electrons. The van der Waals surface area contributed by atoms with Crippen molar-refractivity contribution in [2.24, 2.45) is 0 Å². The lowest BCUT2D eigenvalue weighted by atomic mass is 10.2. The second-order valence-electron chi connectivity index (χ2n) is 5.12. The van der Waals surface area contributed by atoms with Crippen LogP contribution < -0.4 is 10.1 Å². The number of ether oxygens (including phenoxy) is 1. The number of aryl methyl sites for hydroxylation is 2. The number of aliphatic hydroxyl groups is 1. The van der Waals surface area contributed by atoms with Crippen LogP contribution in [-0.2, 0) is 0 Å². The molecule has 112 valence electrons. The highest BCUT2D eigenvalue weighted by molar-refractivity contribution is 9.10. The number of rotatable bonds is 6. The normalized spacial score (nSPS) is 12.0. The molecule has 0 saturated carbocycles. The van der Waals surface area contributed by atoms with Gasteiger partial charge in [0.15, 0.2) is 0 Å². The van der Waals surface area contributed by atoms with Gasteiger partial charge in [0, 0.05) is 16.7 Å². The first kappa shape index (κ1) is 15.9. The summed E-state index contributed by atoms with van der Waals surface area (Å²) in [6, 6.07) is 13.8. The Morgan fingerprint density at radius 2 is 1.86 bits per heavy atom. The highest BCUT2D eigenvalue weighted by Crippen LogP contribution is 2.20. The molecule has 0 aliphatic heterocycles. The second-order valence-corrected chi connectivity index (χ2v) is 5.98. The first-order chi connectivity index (χ1) is 10.0. The zero-order chi connectivity index (χ0) is 15.2. The van der Waals surface area contributed by atoms with Gasteiger partial charge in [-0.15, -0.1) is 0 Å². The highest BCUT2D eigenvalue weighted by Gasteiger charge is 2.06. The monoisotopic (exact) mass is 349 g/mol. The lowest BCUT2D eigenvalue weighted by Crippen LogP contribution is -2.26. The van der Waals surface area contributed by atoms with Crippen LogP contribution in [0.1, 0.15) is 11.1 Å². The minimum atomic E-state index is -0.560. The molecule has 0 saturated heterocycles. The van der Waals surface area contributed by atoms with E-state index in [1.54, 1.807) is 0 Å². The van der Waals surface area contributed by atoms with Crippen LogP contribution in [0.25, 0.3) is 0 Å². The van der Waals surface area contributed by atoms with Gasteiger partial charge >= 0.3 is 0 Å². The number of hydrogen-bond donors (Lipinski definition) is 2. The lowest BCUT2D eigenvalue weighted by Gasteiger charge is -2.14. The Morgan fingerprint density at radius 1 is 1.14 bits per heavy atom. The van der Waals surface area contributed by atoms with E-state index < -0.39 is 6.10 Å². The largest absolute Gasteiger partial charge is 0.491 e. The van der Waals surface area contributed by atoms with Crippen LogP contribution >= 0.6 is 15.9 Å². The Hall–Kier alpha value is -1.52. The number of anilines is 1. The standard InChI is InChI=1S/C17H20BrNO2/c1-12-3-6-16(7-4-12)21-11-15(20)10-19-14-5-8-17(18)13(2)9-14/h3-9,15,19-20H,10-11H2,1-2H3. The molecular weight excluding hydrogens is 330 g/mol. The van der Waals surface area contributed by atoms with E-state index >= 15 is 0 Å². The van der Waals surface area contributed by atoms with Gasteiger partial charge in [-0.25, -0.2) is 0 Å². The fraction of sp³-hybridized carbons (Fsp3) is 0.294. The summed E-state index contributed by atoms with van der Waals surface area (Å²) in [7, 11) is 0. The van der Waals surface area contributed by atoms with Crippen molar-refractivity contribution >= 4 is 21.6 Å². The Bertz CT molecular complexity index is 584. The van der Waals surface area contributed by atoms with Gasteiger partial charge in [0.2, 0.25) is 0 Å². The van der Waals surface area contributed by atoms with Crippen LogP contribution in [0.15, 0.2) is 46.9 Å². The van der Waals surface area contributed by atoms with Gasteiger partial charge in [-0.1, -0.05) is 33.6 Å². The first-order valence-electron chi connectivity index (χ1n) is 6.92. The minimum absolute atomic E-state index is 0.269. The van der Waals surface area contributed by atoms with Crippen molar-refractivity contribution in [3.05, 3.63) is 58.1 Å². The first-order valence-corrected chi connectivity index (χ1v) is 7.71. The molecule has 2 N–H and O–H groups in total. The molecular formula is C17H20BrNO2. The molecule has 0 fully saturated rings. The van der Waals surface area contributed by atoms with Crippen LogP contribution in [0, 0.1) is 13.8 Å². The maximum atomic E-state index is 9.95. The number of hydrogen-bond acceptors (Lipinski definition) is 3. The molecule has 0 aromatic heterocycles. The average molecular weight is 350 g/mol. The summed E-state index contributed by atoms with van der Waals surface area (Å²) < 4.78 is 6.64. The molecule has 0 aliphatic rings. The van der Waals surface area contributed by atoms with Gasteiger partial charge in [-0.3, -0.25) is 0 Å². The number of halogens is 1. The molecule has 21 heavy (non-hydrogen) atoms. The van der Waals surface area contributed by atoms with Crippen molar-refractivity contribution in [3.63, 3.8) is 0 Å². The summed E-state index contributed by atoms with van der Waals surface area (Å²) in [5.41, 5.74) is 3.34. The summed E-state index contributed by atoms with van der Waals surface area (Å²) >= 11 is 3.47. The van der Waals surface area contributed by atoms with E-state index in [9.17, 15) is 5.11 Å². The van der Waals surface area contributed by atoms with Gasteiger partial charge in [0.25, 0.3) is 0 Å². The molecule has 0 bridgehead atoms. The van der Waals surface area contributed by atoms with Gasteiger partial charge in [-0.2, -0.15) is 0 Å². The maximum Gasteiger partial charge on any atom is 0.119 e. The molecule has 0 heterocycles. The Labute approximate surface area is 134 Å². The second kappa shape index (κ2) is 7.48. The number of nitrogens with one attached hydrogen (secondary N) is 1. The van der Waals surface area contributed by atoms with E-state index in [1.807, 2.05) is 56.3 Å². The molecule has 2 rings (SSSR count). The molecule has 1 unspecified atom stereocenters. The van der Waals surface area contributed by atoms with Gasteiger partial charge in [0.1, 0.15) is 18.5 Å². The van der Waals surface area contributed by atoms with Crippen LogP contribution in [0.2, 0.25) is 0 Å². The zero-order valence-electron chi connectivity index (χ0n) is 12.3. The predicted octanol–water partition coefficient (Wildman–Crippen LogP) is 3.92. The fourth-order valence-electron chi connectivity index (χ4n) is 1.88. The van der Waals surface area contributed by atoms with Crippen molar-refractivity contribution in [2.75, 3.05) is 18.5 Å². The lowest BCUT2D eigenvalue weighted by molar-refractivity contribution is 0.117. The summed E-state index contributed by atoms with van der Waals surface area (Å²) in [6.07, 6.45) is -0.560. The van der Waals surface area contributed by atoms with Gasteiger partial charge < -0.3 is 15.2 Å². The number of aliphatic hydroxyl groups excluding tert-OH is 1. The van der Waals surface area contributed by atoms with E-state index in [4.69, 9.17) is 4.74 Å². The third-order valence-electron chi connectivity index (χ3n) is 3.16. The smallest absolute Gasteiger partial charge is 0.119 e. The molecule has 3 nitrogen and oxygen atoms in total. The molecule has 1 atom stereocenters. The Morgan fingerprint density at radius 3 is 2.52 bits per heavy atom. The Balaban J connectivity index is 1.77. The zero-order valence-corrected chi connectivity index (χ0v) is 13.9. The number of benzene rings is 2. The van der Waals surface area contributed by atoms with Gasteiger partial charge in [-0.05, 0) is 49.7 Å². The highest BCUT2D eigenvalue weighted by atomic mass is 79.9. The maximum absolute atomic E-state index is 9.95. The SMILES string of the molecule is Cc1ccc(OCC(O)CNc2ccc(Br)c(C)c2)cc1. The van der Waals surface area contributed by atoms with Crippen LogP contribution in [0.3, 0.4) is 0 Å². The topological polar surface area (TPSA) is 41.5 Å². The average Bonchev–Trinajstić information content (AvgIpc) is 2.48. The molecule has 0 amide bonds. The molecule has 0 aliphatic carbocycles. The Kier molecular flexibility index (Phi) is 5.65. The molecule has 4 heteroatoms. The molecule has 0 spiro atoms. The van der Waals surface area contributed by atoms with E-state index in [2.05, 4.69) is 21.2 Å². The quantitative estimate of drug-likeness (QED) is 0.830. The van der Waals surface area contributed by atoms with Crippen LogP contribution in [0.4, 0.5) is 5.69 Å². The molecule has 2 aromatic carbocycles. The molecule has 2 aromatic rings. The third kappa shape index (κ3) is 5.06. The fourth-order valence-corrected chi connectivity index (χ4v) is 2.12. The van der Waals surface area contributed by atoms with Crippen LogP contribution in [-0.4, -0.2) is 24.4 Å². The van der Waals surface area contributed by atoms with Crippen molar-refractivity contribution in [3.8, 4) is 5.75 Å². The van der Waals surface area contributed by atoms with Crippen molar-refractivity contribution in [1.29, 1.82) is 0 Å². The van der Waals surface area contributed by atoms with Crippen molar-refractivity contribution < 1.29 is 9.84 Å².